The lowest BCUT2D eigenvalue weighted by molar-refractivity contribution is 0.101. The van der Waals surface area contributed by atoms with Gasteiger partial charge in [-0.1, -0.05) is 30.0 Å². The van der Waals surface area contributed by atoms with E-state index in [1.165, 1.54) is 0 Å². The predicted octanol–water partition coefficient (Wildman–Crippen LogP) is 3.21. The zero-order chi connectivity index (χ0) is 17.9. The highest BCUT2D eigenvalue weighted by Crippen LogP contribution is 2.23. The van der Waals surface area contributed by atoms with Crippen molar-refractivity contribution in [1.29, 1.82) is 0 Å². The molecule has 0 aliphatic rings. The minimum Gasteiger partial charge on any atom is -0.422 e. The average molecular weight is 365 g/mol. The molecule has 7 nitrogen and oxygen atoms in total. The molecule has 0 atom stereocenters. The van der Waals surface area contributed by atoms with Crippen LogP contribution < -0.4 is 5.63 Å². The zero-order valence-electron chi connectivity index (χ0n) is 13.3. The summed E-state index contributed by atoms with van der Waals surface area (Å²) in [6.07, 6.45) is 3.24. The molecule has 0 unspecified atom stereocenters. The lowest BCUT2D eigenvalue weighted by Crippen LogP contribution is -2.15. The summed E-state index contributed by atoms with van der Waals surface area (Å²) in [5.74, 6) is -0.0353. The number of carbonyl (C=O) groups excluding carboxylic acids is 1. The number of carbonyl (C=O) groups is 1. The number of aromatic nitrogens is 3. The first-order valence-corrected chi connectivity index (χ1v) is 8.62. The molecule has 1 aromatic carbocycles. The number of ketones is 1. The van der Waals surface area contributed by atoms with E-state index >= 15 is 0 Å². The van der Waals surface area contributed by atoms with Crippen molar-refractivity contribution in [3.63, 3.8) is 0 Å². The number of hydrogen-bond acceptors (Lipinski definition) is 8. The third kappa shape index (κ3) is 3.27. The van der Waals surface area contributed by atoms with Crippen LogP contribution in [0.5, 0.6) is 0 Å². The molecular weight excluding hydrogens is 354 g/mol. The van der Waals surface area contributed by atoms with Gasteiger partial charge in [0, 0.05) is 23.3 Å². The molecule has 0 fully saturated rings. The highest BCUT2D eigenvalue weighted by Gasteiger charge is 2.16. The van der Waals surface area contributed by atoms with Gasteiger partial charge >= 0.3 is 5.63 Å². The summed E-state index contributed by atoms with van der Waals surface area (Å²) >= 11 is 1.07. The van der Waals surface area contributed by atoms with Crippen LogP contribution in [-0.2, 0) is 0 Å². The number of Topliss-reactive ketones (excluding diaryl/α,β-unsaturated/α-hetero) is 1. The van der Waals surface area contributed by atoms with Crippen molar-refractivity contribution in [2.24, 2.45) is 0 Å². The molecule has 26 heavy (non-hydrogen) atoms. The Balaban J connectivity index is 1.50. The van der Waals surface area contributed by atoms with Crippen molar-refractivity contribution in [2.75, 3.05) is 5.75 Å². The van der Waals surface area contributed by atoms with Gasteiger partial charge in [0.15, 0.2) is 5.78 Å². The fourth-order valence-corrected chi connectivity index (χ4v) is 2.99. The highest BCUT2D eigenvalue weighted by atomic mass is 32.2. The normalized spacial score (nSPS) is 10.9. The number of rotatable bonds is 5. The van der Waals surface area contributed by atoms with E-state index in [2.05, 4.69) is 15.2 Å². The second-order valence-electron chi connectivity index (χ2n) is 5.31. The lowest BCUT2D eigenvalue weighted by Gasteiger charge is -2.00. The van der Waals surface area contributed by atoms with E-state index in [-0.39, 0.29) is 22.3 Å². The van der Waals surface area contributed by atoms with Gasteiger partial charge in [0.1, 0.15) is 11.1 Å². The Morgan fingerprint density at radius 3 is 2.69 bits per heavy atom. The molecule has 3 aromatic heterocycles. The highest BCUT2D eigenvalue weighted by molar-refractivity contribution is 7.99. The van der Waals surface area contributed by atoms with Gasteiger partial charge in [0.2, 0.25) is 5.89 Å². The maximum absolute atomic E-state index is 12.4. The molecule has 0 N–H and O–H groups in total. The third-order valence-corrected chi connectivity index (χ3v) is 4.42. The molecule has 0 amide bonds. The summed E-state index contributed by atoms with van der Waals surface area (Å²) in [6.45, 7) is 0. The SMILES string of the molecule is O=C(CSc1nnc(-c2ccncc2)o1)c1cc2ccccc2oc1=O. The van der Waals surface area contributed by atoms with Gasteiger partial charge in [-0.3, -0.25) is 9.78 Å². The monoisotopic (exact) mass is 365 g/mol. The molecule has 0 spiro atoms. The van der Waals surface area contributed by atoms with Crippen LogP contribution >= 0.6 is 11.8 Å². The van der Waals surface area contributed by atoms with E-state index in [1.54, 1.807) is 48.8 Å². The summed E-state index contributed by atoms with van der Waals surface area (Å²) in [5.41, 5.74) is 0.531. The maximum atomic E-state index is 12.4. The van der Waals surface area contributed by atoms with E-state index in [0.717, 1.165) is 17.3 Å². The fraction of sp³-hybridized carbons (Fsp3) is 0.0556. The molecule has 128 valence electrons. The number of para-hydroxylation sites is 1. The van der Waals surface area contributed by atoms with Crippen molar-refractivity contribution < 1.29 is 13.6 Å². The molecule has 0 bridgehead atoms. The van der Waals surface area contributed by atoms with Crippen LogP contribution in [0.1, 0.15) is 10.4 Å². The summed E-state index contributed by atoms with van der Waals surface area (Å²) in [4.78, 5) is 28.3. The van der Waals surface area contributed by atoms with E-state index in [1.807, 2.05) is 6.07 Å². The molecule has 0 aliphatic heterocycles. The molecule has 0 radical (unpaired) electrons. The fourth-order valence-electron chi connectivity index (χ4n) is 2.34. The largest absolute Gasteiger partial charge is 0.422 e. The Hall–Kier alpha value is -3.26. The first kappa shape index (κ1) is 16.2. The van der Waals surface area contributed by atoms with Crippen LogP contribution in [0, 0.1) is 0 Å². The van der Waals surface area contributed by atoms with Crippen molar-refractivity contribution in [1.82, 2.24) is 15.2 Å². The Morgan fingerprint density at radius 2 is 1.85 bits per heavy atom. The molecule has 4 aromatic rings. The van der Waals surface area contributed by atoms with E-state index in [9.17, 15) is 9.59 Å². The summed E-state index contributed by atoms with van der Waals surface area (Å²) < 4.78 is 10.7. The van der Waals surface area contributed by atoms with Crippen LogP contribution in [-0.4, -0.2) is 26.7 Å². The summed E-state index contributed by atoms with van der Waals surface area (Å²) in [5, 5.41) is 8.78. The molecule has 0 saturated carbocycles. The van der Waals surface area contributed by atoms with Gasteiger partial charge in [0.05, 0.1) is 5.75 Å². The van der Waals surface area contributed by atoms with Gasteiger partial charge in [-0.05, 0) is 24.3 Å². The van der Waals surface area contributed by atoms with E-state index < -0.39 is 5.63 Å². The first-order valence-electron chi connectivity index (χ1n) is 7.63. The van der Waals surface area contributed by atoms with Gasteiger partial charge in [0.25, 0.3) is 5.22 Å². The predicted molar refractivity (Wildman–Crippen MR) is 95.1 cm³/mol. The molecule has 3 heterocycles. The maximum Gasteiger partial charge on any atom is 0.347 e. The summed E-state index contributed by atoms with van der Waals surface area (Å²) in [7, 11) is 0. The van der Waals surface area contributed by atoms with Crippen molar-refractivity contribution >= 4 is 28.5 Å². The van der Waals surface area contributed by atoms with Crippen LogP contribution in [0.2, 0.25) is 0 Å². The van der Waals surface area contributed by atoms with Gasteiger partial charge in [-0.2, -0.15) is 0 Å². The third-order valence-electron chi connectivity index (χ3n) is 3.60. The van der Waals surface area contributed by atoms with Crippen LogP contribution in [0.3, 0.4) is 0 Å². The molecule has 4 rings (SSSR count). The summed E-state index contributed by atoms with van der Waals surface area (Å²) in [6, 6.07) is 12.1. The topological polar surface area (TPSA) is 99.1 Å². The van der Waals surface area contributed by atoms with E-state index in [4.69, 9.17) is 8.83 Å². The van der Waals surface area contributed by atoms with Crippen LogP contribution in [0.25, 0.3) is 22.4 Å². The second kappa shape index (κ2) is 6.93. The van der Waals surface area contributed by atoms with Crippen LogP contribution in [0.4, 0.5) is 0 Å². The first-order chi connectivity index (χ1) is 12.7. The molecule has 0 aliphatic carbocycles. The van der Waals surface area contributed by atoms with E-state index in [0.29, 0.717) is 16.9 Å². The Kier molecular flexibility index (Phi) is 4.32. The Morgan fingerprint density at radius 1 is 1.04 bits per heavy atom. The number of nitrogens with zero attached hydrogens (tertiary/aromatic N) is 3. The number of benzene rings is 1. The van der Waals surface area contributed by atoms with Crippen molar-refractivity contribution in [3.05, 3.63) is 70.8 Å². The van der Waals surface area contributed by atoms with Crippen LogP contribution in [0.15, 0.2) is 73.7 Å². The Bertz CT molecular complexity index is 1140. The van der Waals surface area contributed by atoms with Gasteiger partial charge in [-0.15, -0.1) is 10.2 Å². The molecule has 8 heteroatoms. The number of fused-ring (bicyclic) bond motifs is 1. The van der Waals surface area contributed by atoms with Crippen molar-refractivity contribution in [2.45, 2.75) is 5.22 Å². The number of thioether (sulfide) groups is 1. The minimum atomic E-state index is -0.655. The van der Waals surface area contributed by atoms with Gasteiger partial charge in [-0.25, -0.2) is 4.79 Å². The quantitative estimate of drug-likeness (QED) is 0.302. The average Bonchev–Trinajstić information content (AvgIpc) is 3.15. The standard InChI is InChI=1S/C18H11N3O4S/c22-14(13-9-12-3-1-2-4-15(12)24-17(13)23)10-26-18-21-20-16(25-18)11-5-7-19-8-6-11/h1-9H,10H2. The minimum absolute atomic E-state index is 0.00470. The zero-order valence-corrected chi connectivity index (χ0v) is 14.1. The second-order valence-corrected chi connectivity index (χ2v) is 6.23. The Labute approximate surface area is 151 Å². The number of pyridine rings is 1. The molecule has 0 saturated heterocycles. The lowest BCUT2D eigenvalue weighted by atomic mass is 10.1. The van der Waals surface area contributed by atoms with Crippen molar-refractivity contribution in [3.8, 4) is 11.5 Å². The van der Waals surface area contributed by atoms with Gasteiger partial charge < -0.3 is 8.83 Å². The molecular formula is C18H11N3O4S. The number of hydrogen-bond donors (Lipinski definition) is 0. The smallest absolute Gasteiger partial charge is 0.347 e.